The lowest BCUT2D eigenvalue weighted by molar-refractivity contribution is -0.0505. The van der Waals surface area contributed by atoms with E-state index in [9.17, 15) is 8.78 Å². The second-order valence-corrected chi connectivity index (χ2v) is 6.26. The number of benzene rings is 1. The molecule has 9 nitrogen and oxygen atoms in total. The van der Waals surface area contributed by atoms with Crippen molar-refractivity contribution in [2.45, 2.75) is 39.1 Å². The van der Waals surface area contributed by atoms with Gasteiger partial charge in [-0.15, -0.1) is 10.2 Å². The first-order valence-electron chi connectivity index (χ1n) is 8.87. The van der Waals surface area contributed by atoms with Gasteiger partial charge in [-0.25, -0.2) is 0 Å². The van der Waals surface area contributed by atoms with Gasteiger partial charge in [0.15, 0.2) is 23.3 Å². The summed E-state index contributed by atoms with van der Waals surface area (Å²) >= 11 is 0. The second-order valence-electron chi connectivity index (χ2n) is 6.26. The Balaban J connectivity index is 1.41. The van der Waals surface area contributed by atoms with Gasteiger partial charge in [-0.3, -0.25) is 4.99 Å². The van der Waals surface area contributed by atoms with Crippen molar-refractivity contribution < 1.29 is 23.0 Å². The van der Waals surface area contributed by atoms with Crippen LogP contribution < -0.4 is 24.8 Å². The number of fused-ring (bicyclic) bond motifs is 2. The lowest BCUT2D eigenvalue weighted by atomic mass is 10.1. The Morgan fingerprint density at radius 3 is 2.82 bits per heavy atom. The maximum atomic E-state index is 12.7. The predicted octanol–water partition coefficient (Wildman–Crippen LogP) is 1.42. The highest BCUT2D eigenvalue weighted by Crippen LogP contribution is 2.38. The summed E-state index contributed by atoms with van der Waals surface area (Å²) < 4.78 is 42.7. The highest BCUT2D eigenvalue weighted by Gasteiger charge is 2.21. The van der Waals surface area contributed by atoms with Crippen molar-refractivity contribution in [1.29, 1.82) is 0 Å². The van der Waals surface area contributed by atoms with E-state index >= 15 is 0 Å². The minimum absolute atomic E-state index is 0.0254. The van der Waals surface area contributed by atoms with Crippen molar-refractivity contribution in [1.82, 2.24) is 25.4 Å². The molecule has 0 fully saturated rings. The molecule has 0 atom stereocenters. The first-order chi connectivity index (χ1) is 13.6. The minimum Gasteiger partial charge on any atom is -0.454 e. The molecule has 0 spiro atoms. The highest BCUT2D eigenvalue weighted by molar-refractivity contribution is 5.79. The number of nitrogens with zero attached hydrogens (tertiary/aromatic N) is 4. The van der Waals surface area contributed by atoms with Gasteiger partial charge in [0.2, 0.25) is 6.79 Å². The summed E-state index contributed by atoms with van der Waals surface area (Å²) in [6.07, 6.45) is 2.01. The smallest absolute Gasteiger partial charge is 0.387 e. The average Bonchev–Trinajstić information content (AvgIpc) is 3.38. The standard InChI is InChI=1S/C17H20F2N6O3/c1-20-17(22-8-15-24-23-14-3-2-4-25(14)15)21-7-10-5-12-13(27-9-26-12)6-11(10)28-16(18)19/h5-6,16H,2-4,7-9H2,1H3,(H2,20,21,22). The molecule has 1 aromatic carbocycles. The van der Waals surface area contributed by atoms with E-state index < -0.39 is 6.61 Å². The monoisotopic (exact) mass is 394 g/mol. The normalized spacial score (nSPS) is 15.1. The number of ether oxygens (including phenoxy) is 3. The van der Waals surface area contributed by atoms with E-state index in [0.29, 0.717) is 29.6 Å². The summed E-state index contributed by atoms with van der Waals surface area (Å²) in [5.41, 5.74) is 0.496. The Morgan fingerprint density at radius 2 is 2.04 bits per heavy atom. The van der Waals surface area contributed by atoms with Crippen molar-refractivity contribution in [3.8, 4) is 17.2 Å². The number of nitrogens with one attached hydrogen (secondary N) is 2. The summed E-state index contributed by atoms with van der Waals surface area (Å²) in [5.74, 6) is 3.21. The third-order valence-electron chi connectivity index (χ3n) is 4.54. The van der Waals surface area contributed by atoms with E-state index in [2.05, 4.69) is 35.1 Å². The fourth-order valence-electron chi connectivity index (χ4n) is 3.21. The van der Waals surface area contributed by atoms with E-state index in [1.807, 2.05) is 0 Å². The zero-order valence-corrected chi connectivity index (χ0v) is 15.2. The largest absolute Gasteiger partial charge is 0.454 e. The zero-order valence-electron chi connectivity index (χ0n) is 15.2. The SMILES string of the molecule is CN=C(NCc1cc2c(cc1OC(F)F)OCO2)NCc1nnc2n1CCC2. The molecular weight excluding hydrogens is 374 g/mol. The zero-order chi connectivity index (χ0) is 19.5. The van der Waals surface area contributed by atoms with Crippen LogP contribution in [0.1, 0.15) is 23.6 Å². The average molecular weight is 394 g/mol. The van der Waals surface area contributed by atoms with Crippen LogP contribution in [0.3, 0.4) is 0 Å². The number of hydrogen-bond donors (Lipinski definition) is 2. The molecule has 0 unspecified atom stereocenters. The molecule has 0 amide bonds. The van der Waals surface area contributed by atoms with Gasteiger partial charge in [0.05, 0.1) is 6.54 Å². The maximum absolute atomic E-state index is 12.7. The fraction of sp³-hybridized carbons (Fsp3) is 0.471. The van der Waals surface area contributed by atoms with Crippen LogP contribution in [0.15, 0.2) is 17.1 Å². The molecule has 4 rings (SSSR count). The third-order valence-corrected chi connectivity index (χ3v) is 4.54. The number of guanidine groups is 1. The maximum Gasteiger partial charge on any atom is 0.387 e. The summed E-state index contributed by atoms with van der Waals surface area (Å²) in [4.78, 5) is 4.15. The molecule has 1 aromatic heterocycles. The minimum atomic E-state index is -2.94. The molecule has 2 N–H and O–H groups in total. The van der Waals surface area contributed by atoms with Crippen molar-refractivity contribution in [2.24, 2.45) is 4.99 Å². The lowest BCUT2D eigenvalue weighted by Gasteiger charge is -2.15. The molecule has 2 aliphatic rings. The van der Waals surface area contributed by atoms with Crippen LogP contribution in [0, 0.1) is 0 Å². The quantitative estimate of drug-likeness (QED) is 0.565. The van der Waals surface area contributed by atoms with E-state index in [1.54, 1.807) is 13.1 Å². The number of aliphatic imine (C=N–C) groups is 1. The lowest BCUT2D eigenvalue weighted by Crippen LogP contribution is -2.37. The van der Waals surface area contributed by atoms with Gasteiger partial charge >= 0.3 is 6.61 Å². The Kier molecular flexibility index (Phi) is 5.13. The Morgan fingerprint density at radius 1 is 1.25 bits per heavy atom. The van der Waals surface area contributed by atoms with Crippen LogP contribution in [0.4, 0.5) is 8.78 Å². The molecule has 3 heterocycles. The van der Waals surface area contributed by atoms with Crippen LogP contribution in [-0.4, -0.2) is 41.2 Å². The van der Waals surface area contributed by atoms with Crippen molar-refractivity contribution in [3.05, 3.63) is 29.3 Å². The van der Waals surface area contributed by atoms with Gasteiger partial charge < -0.3 is 29.4 Å². The highest BCUT2D eigenvalue weighted by atomic mass is 19.3. The Labute approximate surface area is 159 Å². The Hall–Kier alpha value is -3.11. The molecule has 0 radical (unpaired) electrons. The first-order valence-corrected chi connectivity index (χ1v) is 8.87. The molecule has 2 aromatic rings. The number of aromatic nitrogens is 3. The topological polar surface area (TPSA) is 94.8 Å². The van der Waals surface area contributed by atoms with E-state index in [1.165, 1.54) is 6.07 Å². The van der Waals surface area contributed by atoms with Crippen LogP contribution in [0.25, 0.3) is 0 Å². The number of alkyl halides is 2. The number of halogens is 2. The summed E-state index contributed by atoms with van der Waals surface area (Å²) in [6, 6.07) is 3.02. The number of aryl methyl sites for hydroxylation is 1. The second kappa shape index (κ2) is 7.87. The number of hydrogen-bond acceptors (Lipinski definition) is 6. The van der Waals surface area contributed by atoms with Crippen molar-refractivity contribution >= 4 is 5.96 Å². The van der Waals surface area contributed by atoms with Crippen molar-refractivity contribution in [3.63, 3.8) is 0 Å². The Bertz CT molecular complexity index is 886. The van der Waals surface area contributed by atoms with Gasteiger partial charge in [-0.05, 0) is 12.5 Å². The van der Waals surface area contributed by atoms with Crippen molar-refractivity contribution in [2.75, 3.05) is 13.8 Å². The summed E-state index contributed by atoms with van der Waals surface area (Å²) in [5, 5.41) is 14.6. The van der Waals surface area contributed by atoms with E-state index in [0.717, 1.165) is 31.0 Å². The predicted molar refractivity (Wildman–Crippen MR) is 94.6 cm³/mol. The fourth-order valence-corrected chi connectivity index (χ4v) is 3.21. The molecule has 150 valence electrons. The van der Waals surface area contributed by atoms with Crippen LogP contribution in [0.5, 0.6) is 17.2 Å². The van der Waals surface area contributed by atoms with Crippen LogP contribution >= 0.6 is 0 Å². The molecule has 28 heavy (non-hydrogen) atoms. The first kappa shape index (κ1) is 18.3. The van der Waals surface area contributed by atoms with Gasteiger partial charge in [0.25, 0.3) is 0 Å². The molecule has 2 aliphatic heterocycles. The van der Waals surface area contributed by atoms with E-state index in [4.69, 9.17) is 9.47 Å². The molecule has 0 aliphatic carbocycles. The van der Waals surface area contributed by atoms with Gasteiger partial charge in [-0.2, -0.15) is 8.78 Å². The number of rotatable bonds is 6. The third kappa shape index (κ3) is 3.78. The molecule has 11 heteroatoms. The summed E-state index contributed by atoms with van der Waals surface area (Å²) in [7, 11) is 1.62. The van der Waals surface area contributed by atoms with Crippen LogP contribution in [0.2, 0.25) is 0 Å². The molecular formula is C17H20F2N6O3. The van der Waals surface area contributed by atoms with Gasteiger partial charge in [0.1, 0.15) is 11.6 Å². The summed E-state index contributed by atoms with van der Waals surface area (Å²) in [6.45, 7) is -1.32. The molecule has 0 saturated heterocycles. The van der Waals surface area contributed by atoms with Gasteiger partial charge in [0, 0.05) is 38.2 Å². The van der Waals surface area contributed by atoms with E-state index in [-0.39, 0.29) is 19.1 Å². The van der Waals surface area contributed by atoms with Crippen LogP contribution in [-0.2, 0) is 26.1 Å². The van der Waals surface area contributed by atoms with Gasteiger partial charge in [-0.1, -0.05) is 0 Å². The molecule has 0 saturated carbocycles. The molecule has 0 bridgehead atoms.